The molecule has 2 N–H and O–H groups in total. The van der Waals surface area contributed by atoms with Crippen molar-refractivity contribution in [1.82, 2.24) is 5.32 Å². The van der Waals surface area contributed by atoms with Crippen LogP contribution >= 0.6 is 11.6 Å². The number of hydrogen-bond donors (Lipinski definition) is 2. The molecule has 0 heterocycles. The third-order valence-electron chi connectivity index (χ3n) is 4.89. The molecule has 3 nitrogen and oxygen atoms in total. The highest BCUT2D eigenvalue weighted by atomic mass is 35.5. The van der Waals surface area contributed by atoms with Gasteiger partial charge in [0.15, 0.2) is 0 Å². The molecule has 2 aromatic carbocycles. The van der Waals surface area contributed by atoms with Crippen molar-refractivity contribution in [2.75, 3.05) is 11.9 Å². The van der Waals surface area contributed by atoms with Crippen LogP contribution in [0.4, 0.5) is 5.69 Å². The summed E-state index contributed by atoms with van der Waals surface area (Å²) < 4.78 is 0. The summed E-state index contributed by atoms with van der Waals surface area (Å²) in [6.07, 6.45) is 0. The molecule has 0 aliphatic rings. The molecule has 0 saturated carbocycles. The van der Waals surface area contributed by atoms with Gasteiger partial charge < -0.3 is 5.32 Å². The summed E-state index contributed by atoms with van der Waals surface area (Å²) in [7, 11) is 0. The molecule has 0 radical (unpaired) electrons. The van der Waals surface area contributed by atoms with Crippen LogP contribution in [0.3, 0.4) is 0 Å². The van der Waals surface area contributed by atoms with Gasteiger partial charge in [-0.25, -0.2) is 0 Å². The first kappa shape index (κ1) is 21.5. The first-order valence-corrected chi connectivity index (χ1v) is 9.93. The van der Waals surface area contributed by atoms with Crippen LogP contribution in [-0.4, -0.2) is 12.5 Å². The van der Waals surface area contributed by atoms with Gasteiger partial charge in [-0.05, 0) is 54.5 Å². The maximum absolute atomic E-state index is 12.7. The minimum absolute atomic E-state index is 0.0351. The molecule has 0 spiro atoms. The Morgan fingerprint density at radius 3 is 1.96 bits per heavy atom. The second kappa shape index (κ2) is 8.90. The Labute approximate surface area is 168 Å². The molecular weight excluding hydrogens is 356 g/mol. The van der Waals surface area contributed by atoms with E-state index in [-0.39, 0.29) is 18.0 Å². The van der Waals surface area contributed by atoms with Crippen LogP contribution in [0.25, 0.3) is 0 Å². The van der Waals surface area contributed by atoms with Crippen LogP contribution < -0.4 is 10.6 Å². The third-order valence-corrected chi connectivity index (χ3v) is 5.15. The van der Waals surface area contributed by atoms with Crippen LogP contribution in [0.1, 0.15) is 70.1 Å². The molecule has 0 aromatic heterocycles. The monoisotopic (exact) mass is 386 g/mol. The van der Waals surface area contributed by atoms with Crippen molar-refractivity contribution in [3.8, 4) is 0 Å². The predicted octanol–water partition coefficient (Wildman–Crippen LogP) is 6.05. The van der Waals surface area contributed by atoms with E-state index in [0.717, 1.165) is 11.3 Å². The van der Waals surface area contributed by atoms with Crippen molar-refractivity contribution < 1.29 is 4.79 Å². The van der Waals surface area contributed by atoms with Gasteiger partial charge in [-0.3, -0.25) is 10.1 Å². The predicted molar refractivity (Wildman–Crippen MR) is 116 cm³/mol. The van der Waals surface area contributed by atoms with Gasteiger partial charge in [-0.1, -0.05) is 69.6 Å². The largest absolute Gasteiger partial charge is 0.324 e. The van der Waals surface area contributed by atoms with E-state index in [1.807, 2.05) is 24.3 Å². The summed E-state index contributed by atoms with van der Waals surface area (Å²) in [5.74, 6) is 0.655. The molecule has 0 atom stereocenters. The number of hydrogen-bond acceptors (Lipinski definition) is 2. The van der Waals surface area contributed by atoms with Crippen molar-refractivity contribution in [3.63, 3.8) is 0 Å². The summed E-state index contributed by atoms with van der Waals surface area (Å²) in [4.78, 5) is 12.7. The van der Waals surface area contributed by atoms with Gasteiger partial charge >= 0.3 is 0 Å². The minimum Gasteiger partial charge on any atom is -0.324 e. The summed E-state index contributed by atoms with van der Waals surface area (Å²) in [5, 5.41) is 7.22. The second-order valence-electron chi connectivity index (χ2n) is 8.15. The van der Waals surface area contributed by atoms with Crippen molar-refractivity contribution in [1.29, 1.82) is 0 Å². The van der Waals surface area contributed by atoms with Crippen molar-refractivity contribution in [2.45, 2.75) is 58.9 Å². The number of carbonyl (C=O) groups is 1. The zero-order valence-electron chi connectivity index (χ0n) is 17.2. The first-order chi connectivity index (χ1) is 12.6. The maximum Gasteiger partial charge on any atom is 0.238 e. The Morgan fingerprint density at radius 1 is 0.963 bits per heavy atom. The Hall–Kier alpha value is -1.84. The molecule has 2 aromatic rings. The molecule has 146 valence electrons. The Balaban J connectivity index is 2.13. The lowest BCUT2D eigenvalue weighted by molar-refractivity contribution is -0.115. The third kappa shape index (κ3) is 5.57. The number of para-hydroxylation sites is 1. The highest BCUT2D eigenvalue weighted by Crippen LogP contribution is 2.32. The number of rotatable bonds is 7. The molecule has 0 aliphatic carbocycles. The van der Waals surface area contributed by atoms with Crippen molar-refractivity contribution in [2.24, 2.45) is 0 Å². The summed E-state index contributed by atoms with van der Waals surface area (Å²) in [6.45, 7) is 13.0. The van der Waals surface area contributed by atoms with E-state index in [0.29, 0.717) is 16.9 Å². The van der Waals surface area contributed by atoms with Crippen LogP contribution in [0, 0.1) is 0 Å². The lowest BCUT2D eigenvalue weighted by Gasteiger charge is -2.27. The lowest BCUT2D eigenvalue weighted by Crippen LogP contribution is -2.41. The van der Waals surface area contributed by atoms with Crippen LogP contribution in [0.5, 0.6) is 0 Å². The molecular formula is C23H31ClN2O. The summed E-state index contributed by atoms with van der Waals surface area (Å²) in [6, 6.07) is 14.0. The van der Waals surface area contributed by atoms with E-state index in [9.17, 15) is 4.79 Å². The lowest BCUT2D eigenvalue weighted by atomic mass is 9.92. The number of anilines is 1. The number of carbonyl (C=O) groups excluding carboxylic acids is 1. The number of halogens is 1. The highest BCUT2D eigenvalue weighted by Gasteiger charge is 2.22. The van der Waals surface area contributed by atoms with Gasteiger partial charge in [0, 0.05) is 16.2 Å². The minimum atomic E-state index is -0.333. The number of nitrogens with one attached hydrogen (secondary N) is 2. The van der Waals surface area contributed by atoms with E-state index in [4.69, 9.17) is 11.6 Å². The SMILES string of the molecule is CC(C)c1cccc(C(C)C)c1NC(=O)CNC(C)(C)c1ccc(Cl)cc1. The molecule has 0 aliphatic heterocycles. The first-order valence-electron chi connectivity index (χ1n) is 9.55. The normalized spacial score (nSPS) is 11.9. The highest BCUT2D eigenvalue weighted by molar-refractivity contribution is 6.30. The average Bonchev–Trinajstić information content (AvgIpc) is 2.60. The topological polar surface area (TPSA) is 41.1 Å². The van der Waals surface area contributed by atoms with Gasteiger partial charge in [0.25, 0.3) is 0 Å². The van der Waals surface area contributed by atoms with Crippen molar-refractivity contribution >= 4 is 23.2 Å². The molecule has 0 bridgehead atoms. The van der Waals surface area contributed by atoms with Crippen molar-refractivity contribution in [3.05, 3.63) is 64.2 Å². The fourth-order valence-electron chi connectivity index (χ4n) is 3.15. The van der Waals surface area contributed by atoms with E-state index < -0.39 is 0 Å². The molecule has 0 saturated heterocycles. The van der Waals surface area contributed by atoms with Gasteiger partial charge in [-0.2, -0.15) is 0 Å². The van der Waals surface area contributed by atoms with Crippen LogP contribution in [-0.2, 0) is 10.3 Å². The van der Waals surface area contributed by atoms with E-state index >= 15 is 0 Å². The molecule has 4 heteroatoms. The smallest absolute Gasteiger partial charge is 0.238 e. The summed E-state index contributed by atoms with van der Waals surface area (Å²) in [5.41, 5.74) is 4.06. The second-order valence-corrected chi connectivity index (χ2v) is 8.59. The fourth-order valence-corrected chi connectivity index (χ4v) is 3.27. The molecule has 1 amide bonds. The van der Waals surface area contributed by atoms with E-state index in [1.54, 1.807) is 0 Å². The Bertz CT molecular complexity index is 753. The quantitative estimate of drug-likeness (QED) is 0.608. The average molecular weight is 387 g/mol. The van der Waals surface area contributed by atoms with Gasteiger partial charge in [0.05, 0.1) is 6.54 Å². The summed E-state index contributed by atoms with van der Waals surface area (Å²) >= 11 is 5.98. The van der Waals surface area contributed by atoms with Gasteiger partial charge in [-0.15, -0.1) is 0 Å². The van der Waals surface area contributed by atoms with Gasteiger partial charge in [0.2, 0.25) is 5.91 Å². The molecule has 2 rings (SSSR count). The van der Waals surface area contributed by atoms with E-state index in [2.05, 4.69) is 70.4 Å². The maximum atomic E-state index is 12.7. The fraction of sp³-hybridized carbons (Fsp3) is 0.435. The molecule has 0 unspecified atom stereocenters. The van der Waals surface area contributed by atoms with Crippen LogP contribution in [0.15, 0.2) is 42.5 Å². The molecule has 0 fully saturated rings. The van der Waals surface area contributed by atoms with Crippen LogP contribution in [0.2, 0.25) is 5.02 Å². The van der Waals surface area contributed by atoms with E-state index in [1.165, 1.54) is 11.1 Å². The van der Waals surface area contributed by atoms with Gasteiger partial charge in [0.1, 0.15) is 0 Å². The number of benzene rings is 2. The Kier molecular flexibility index (Phi) is 7.07. The zero-order chi connectivity index (χ0) is 20.2. The zero-order valence-corrected chi connectivity index (χ0v) is 17.9. The standard InChI is InChI=1S/C23H31ClN2O/c1-15(2)19-8-7-9-20(16(3)4)22(19)26-21(27)14-25-23(5,6)17-10-12-18(24)13-11-17/h7-13,15-16,25H,14H2,1-6H3,(H,26,27). The number of amides is 1. The molecule has 27 heavy (non-hydrogen) atoms. The Morgan fingerprint density at radius 2 is 1.48 bits per heavy atom.